The zero-order valence-electron chi connectivity index (χ0n) is 12.0. The third kappa shape index (κ3) is 2.03. The van der Waals surface area contributed by atoms with Crippen molar-refractivity contribution in [3.63, 3.8) is 0 Å². The van der Waals surface area contributed by atoms with E-state index in [0.717, 1.165) is 19.1 Å². The van der Waals surface area contributed by atoms with E-state index >= 15 is 0 Å². The molecule has 1 heterocycles. The normalized spacial score (nSPS) is 30.4. The van der Waals surface area contributed by atoms with E-state index < -0.39 is 31.9 Å². The minimum Gasteiger partial charge on any atom is -0.481 e. The summed E-state index contributed by atoms with van der Waals surface area (Å²) in [5, 5.41) is 9.48. The molecule has 7 heteroatoms. The van der Waals surface area contributed by atoms with Gasteiger partial charge in [-0.1, -0.05) is 6.42 Å². The van der Waals surface area contributed by atoms with Gasteiger partial charge in [-0.3, -0.25) is 9.59 Å². The molecule has 0 aromatic heterocycles. The molecule has 1 aliphatic heterocycles. The molecule has 1 N–H and O–H groups in total. The van der Waals surface area contributed by atoms with Crippen LogP contribution in [0, 0.1) is 11.3 Å². The van der Waals surface area contributed by atoms with E-state index in [1.807, 2.05) is 0 Å². The number of carboxylic acid groups (broad SMARTS) is 1. The number of hydrogen-bond acceptors (Lipinski definition) is 4. The van der Waals surface area contributed by atoms with Crippen LogP contribution in [0.15, 0.2) is 0 Å². The van der Waals surface area contributed by atoms with E-state index in [1.165, 1.54) is 18.7 Å². The Morgan fingerprint density at radius 1 is 1.35 bits per heavy atom. The van der Waals surface area contributed by atoms with Crippen molar-refractivity contribution in [2.45, 2.75) is 37.9 Å². The fraction of sp³-hybridized carbons (Fsp3) is 0.846. The van der Waals surface area contributed by atoms with E-state index in [1.54, 1.807) is 0 Å². The first kappa shape index (κ1) is 15.3. The molecule has 1 amide bonds. The van der Waals surface area contributed by atoms with Gasteiger partial charge in [-0.15, -0.1) is 0 Å². The maximum atomic E-state index is 12.5. The summed E-state index contributed by atoms with van der Waals surface area (Å²) in [7, 11) is -3.54. The van der Waals surface area contributed by atoms with Gasteiger partial charge in [-0.05, 0) is 32.6 Å². The maximum Gasteiger partial charge on any atom is 0.311 e. The Hall–Kier alpha value is -1.11. The van der Waals surface area contributed by atoms with Crippen molar-refractivity contribution in [2.24, 2.45) is 11.3 Å². The number of amides is 1. The van der Waals surface area contributed by atoms with Crippen LogP contribution in [0.4, 0.5) is 0 Å². The highest BCUT2D eigenvalue weighted by atomic mass is 32.2. The monoisotopic (exact) mass is 303 g/mol. The second-order valence-electron chi connectivity index (χ2n) is 6.52. The lowest BCUT2D eigenvalue weighted by Crippen LogP contribution is -2.50. The topological polar surface area (TPSA) is 91.8 Å². The van der Waals surface area contributed by atoms with E-state index in [0.29, 0.717) is 13.0 Å². The number of nitrogens with zero attached hydrogens (tertiary/aromatic N) is 1. The summed E-state index contributed by atoms with van der Waals surface area (Å²) in [5.74, 6) is -1.42. The van der Waals surface area contributed by atoms with Gasteiger partial charge < -0.3 is 10.0 Å². The zero-order valence-corrected chi connectivity index (χ0v) is 12.9. The van der Waals surface area contributed by atoms with Crippen molar-refractivity contribution < 1.29 is 23.1 Å². The summed E-state index contributed by atoms with van der Waals surface area (Å²) >= 11 is 0. The van der Waals surface area contributed by atoms with Crippen molar-refractivity contribution >= 4 is 21.7 Å². The van der Waals surface area contributed by atoms with Gasteiger partial charge in [0.15, 0.2) is 9.84 Å². The molecule has 0 bridgehead atoms. The van der Waals surface area contributed by atoms with Crippen LogP contribution in [0.2, 0.25) is 0 Å². The first-order valence-electron chi connectivity index (χ1n) is 6.75. The van der Waals surface area contributed by atoms with Gasteiger partial charge in [0, 0.05) is 19.3 Å². The predicted octanol–water partition coefficient (Wildman–Crippen LogP) is 0.523. The van der Waals surface area contributed by atoms with Gasteiger partial charge in [0.1, 0.15) is 4.75 Å². The smallest absolute Gasteiger partial charge is 0.311 e. The quantitative estimate of drug-likeness (QED) is 0.821. The number of likely N-dealkylation sites (tertiary alicyclic amines) is 1. The average Bonchev–Trinajstić information content (AvgIpc) is 2.82. The lowest BCUT2D eigenvalue weighted by atomic mass is 9.81. The highest BCUT2D eigenvalue weighted by Crippen LogP contribution is 2.49. The van der Waals surface area contributed by atoms with Gasteiger partial charge in [0.05, 0.1) is 5.41 Å². The molecule has 2 fully saturated rings. The second kappa shape index (κ2) is 4.44. The first-order valence-corrected chi connectivity index (χ1v) is 8.64. The molecular formula is C13H21NO5S. The SMILES string of the molecule is CC(C)(C(=O)N1C[C@@H]2CCC[C@@]2(C(=O)O)C1)S(C)(=O)=O. The number of sulfone groups is 1. The van der Waals surface area contributed by atoms with E-state index in [2.05, 4.69) is 0 Å². The van der Waals surface area contributed by atoms with Crippen LogP contribution in [0.5, 0.6) is 0 Å². The number of carboxylic acids is 1. The van der Waals surface area contributed by atoms with Gasteiger partial charge >= 0.3 is 5.97 Å². The third-order valence-corrected chi connectivity index (χ3v) is 7.05. The van der Waals surface area contributed by atoms with E-state index in [-0.39, 0.29) is 12.5 Å². The molecule has 0 radical (unpaired) electrons. The van der Waals surface area contributed by atoms with Crippen LogP contribution in [-0.2, 0) is 19.4 Å². The van der Waals surface area contributed by atoms with Gasteiger partial charge in [0.2, 0.25) is 5.91 Å². The standard InChI is InChI=1S/C13H21NO5S/c1-12(2,20(3,18)19)10(15)14-7-9-5-4-6-13(9,8-14)11(16)17/h9H,4-8H2,1-3H3,(H,16,17)/t9-,13+/m0/s1. The summed E-state index contributed by atoms with van der Waals surface area (Å²) in [4.78, 5) is 25.5. The minimum atomic E-state index is -3.54. The molecular weight excluding hydrogens is 282 g/mol. The summed E-state index contributed by atoms with van der Waals surface area (Å²) < 4.78 is 22.0. The van der Waals surface area contributed by atoms with Crippen molar-refractivity contribution in [2.75, 3.05) is 19.3 Å². The molecule has 1 saturated carbocycles. The number of rotatable bonds is 3. The molecule has 20 heavy (non-hydrogen) atoms. The van der Waals surface area contributed by atoms with E-state index in [4.69, 9.17) is 0 Å². The molecule has 0 aromatic rings. The van der Waals surface area contributed by atoms with E-state index in [9.17, 15) is 23.1 Å². The lowest BCUT2D eigenvalue weighted by Gasteiger charge is -2.29. The highest BCUT2D eigenvalue weighted by Gasteiger charge is 2.57. The summed E-state index contributed by atoms with van der Waals surface area (Å²) in [6.45, 7) is 3.24. The Balaban J connectivity index is 2.26. The molecule has 0 unspecified atom stereocenters. The number of carbonyl (C=O) groups excluding carboxylic acids is 1. The zero-order chi connectivity index (χ0) is 15.3. The largest absolute Gasteiger partial charge is 0.481 e. The molecule has 0 spiro atoms. The molecule has 0 aromatic carbocycles. The van der Waals surface area contributed by atoms with Gasteiger partial charge in [-0.2, -0.15) is 0 Å². The Morgan fingerprint density at radius 3 is 2.40 bits per heavy atom. The van der Waals surface area contributed by atoms with Crippen molar-refractivity contribution in [1.29, 1.82) is 0 Å². The Bertz CT molecular complexity index is 553. The number of fused-ring (bicyclic) bond motifs is 1. The molecule has 6 nitrogen and oxygen atoms in total. The van der Waals surface area contributed by atoms with Crippen LogP contribution in [0.25, 0.3) is 0 Å². The van der Waals surface area contributed by atoms with Gasteiger partial charge in [0.25, 0.3) is 0 Å². The number of aliphatic carboxylic acids is 1. The fourth-order valence-electron chi connectivity index (χ4n) is 3.33. The summed E-state index contributed by atoms with van der Waals surface area (Å²) in [6.07, 6.45) is 3.24. The Kier molecular flexibility index (Phi) is 3.40. The van der Waals surface area contributed by atoms with Crippen molar-refractivity contribution in [3.05, 3.63) is 0 Å². The third-order valence-electron chi connectivity index (χ3n) is 5.03. The highest BCUT2D eigenvalue weighted by molar-refractivity contribution is 7.92. The van der Waals surface area contributed by atoms with Crippen LogP contribution < -0.4 is 0 Å². The van der Waals surface area contributed by atoms with Crippen molar-refractivity contribution in [3.8, 4) is 0 Å². The molecule has 2 rings (SSSR count). The molecule has 2 atom stereocenters. The number of hydrogen-bond donors (Lipinski definition) is 1. The first-order chi connectivity index (χ1) is 9.02. The van der Waals surface area contributed by atoms with Crippen molar-refractivity contribution in [1.82, 2.24) is 4.90 Å². The molecule has 1 aliphatic carbocycles. The van der Waals surface area contributed by atoms with Crippen LogP contribution >= 0.6 is 0 Å². The van der Waals surface area contributed by atoms with Crippen LogP contribution in [-0.4, -0.2) is 54.4 Å². The lowest BCUT2D eigenvalue weighted by molar-refractivity contribution is -0.149. The maximum absolute atomic E-state index is 12.5. The molecule has 114 valence electrons. The Labute approximate surface area is 119 Å². The summed E-state index contributed by atoms with van der Waals surface area (Å²) in [5.41, 5.74) is -0.872. The fourth-order valence-corrected chi connectivity index (χ4v) is 3.78. The van der Waals surface area contributed by atoms with Crippen LogP contribution in [0.3, 0.4) is 0 Å². The molecule has 1 saturated heterocycles. The second-order valence-corrected chi connectivity index (χ2v) is 9.08. The Morgan fingerprint density at radius 2 is 1.95 bits per heavy atom. The van der Waals surface area contributed by atoms with Crippen LogP contribution in [0.1, 0.15) is 33.1 Å². The minimum absolute atomic E-state index is 0.0562. The summed E-state index contributed by atoms with van der Waals surface area (Å²) in [6, 6.07) is 0. The van der Waals surface area contributed by atoms with Gasteiger partial charge in [-0.25, -0.2) is 8.42 Å². The molecule has 2 aliphatic rings. The predicted molar refractivity (Wildman–Crippen MR) is 72.9 cm³/mol. The number of carbonyl (C=O) groups is 2. The average molecular weight is 303 g/mol.